The summed E-state index contributed by atoms with van der Waals surface area (Å²) in [7, 11) is 0. The van der Waals surface area contributed by atoms with Gasteiger partial charge in [-0.1, -0.05) is 245 Å². The lowest BCUT2D eigenvalue weighted by Gasteiger charge is -2.30. The van der Waals surface area contributed by atoms with E-state index in [1.807, 2.05) is 0 Å². The average molecular weight is 1340 g/mol. The summed E-state index contributed by atoms with van der Waals surface area (Å²) in [5.74, 6) is 0.631. The van der Waals surface area contributed by atoms with E-state index in [1.165, 1.54) is 38.9 Å². The van der Waals surface area contributed by atoms with Gasteiger partial charge in [0, 0.05) is 110 Å². The van der Waals surface area contributed by atoms with Crippen molar-refractivity contribution in [2.45, 2.75) is 66.7 Å². The average Bonchev–Trinajstić information content (AvgIpc) is 1.55. The van der Waals surface area contributed by atoms with E-state index in [2.05, 4.69) is 390 Å². The molecule has 502 valence electrons. The molecule has 104 heavy (non-hydrogen) atoms. The molecule has 0 saturated heterocycles. The molecule has 0 aliphatic carbocycles. The summed E-state index contributed by atoms with van der Waals surface area (Å²) in [6, 6.07) is 118. The van der Waals surface area contributed by atoms with Crippen molar-refractivity contribution in [2.75, 3.05) is 19.6 Å². The first kappa shape index (κ1) is 63.5. The number of nitrogens with zero attached hydrogens (tertiary/aromatic N) is 4. The maximum absolute atomic E-state index is 7.26. The highest BCUT2D eigenvalue weighted by atomic mass is 16.3. The van der Waals surface area contributed by atoms with Crippen LogP contribution in [0.25, 0.3) is 87.0 Å². The van der Waals surface area contributed by atoms with Crippen LogP contribution in [0.2, 0.25) is 0 Å². The first-order chi connectivity index (χ1) is 51.0. The molecule has 0 fully saturated rings. The van der Waals surface area contributed by atoms with Crippen molar-refractivity contribution < 1.29 is 8.83 Å². The topological polar surface area (TPSA) is 39.2 Å². The SMILES string of the molecule is Cc1ccccc1N(c1ccccc1C)c1cc2c3cc(N(c4ccccc4C)c4ccc(CC(C)c5ccc(N(c6ccccc6)c6cc7c8cc(N(c9ccccc9)c9ccc(C(C)C)cc9)c9ccccc9c8oc7c7ccccc67)cc5)cc4C)c4ccccc4c3oc2c2ccccc12. The van der Waals surface area contributed by atoms with Gasteiger partial charge in [-0.05, 0) is 182 Å². The lowest BCUT2D eigenvalue weighted by molar-refractivity contribution is 0.676. The second-order valence-electron chi connectivity index (χ2n) is 28.4. The molecule has 2 heterocycles. The molecule has 0 saturated carbocycles. The summed E-state index contributed by atoms with van der Waals surface area (Å²) in [4.78, 5) is 9.77. The normalized spacial score (nSPS) is 12.1. The van der Waals surface area contributed by atoms with Gasteiger partial charge in [0.2, 0.25) is 0 Å². The predicted molar refractivity (Wildman–Crippen MR) is 441 cm³/mol. The first-order valence-electron chi connectivity index (χ1n) is 36.4. The Hall–Kier alpha value is -12.6. The van der Waals surface area contributed by atoms with Crippen molar-refractivity contribution >= 4 is 155 Å². The van der Waals surface area contributed by atoms with Crippen molar-refractivity contribution in [1.82, 2.24) is 0 Å². The van der Waals surface area contributed by atoms with Crippen LogP contribution in [0.1, 0.15) is 71.6 Å². The van der Waals surface area contributed by atoms with Crippen LogP contribution < -0.4 is 19.6 Å². The molecule has 0 aliphatic heterocycles. The molecule has 18 rings (SSSR count). The van der Waals surface area contributed by atoms with E-state index in [9.17, 15) is 0 Å². The van der Waals surface area contributed by atoms with Crippen molar-refractivity contribution in [3.05, 3.63) is 360 Å². The minimum Gasteiger partial charge on any atom is -0.455 e. The van der Waals surface area contributed by atoms with Gasteiger partial charge in [-0.25, -0.2) is 0 Å². The molecular formula is C98H78N4O2. The quantitative estimate of drug-likeness (QED) is 0.0960. The van der Waals surface area contributed by atoms with Gasteiger partial charge in [-0.15, -0.1) is 0 Å². The molecule has 6 heteroatoms. The molecule has 18 aromatic rings. The van der Waals surface area contributed by atoms with Crippen molar-refractivity contribution in [2.24, 2.45) is 0 Å². The van der Waals surface area contributed by atoms with Crippen LogP contribution in [-0.4, -0.2) is 0 Å². The Balaban J connectivity index is 0.718. The third kappa shape index (κ3) is 10.9. The second kappa shape index (κ2) is 26.1. The number of furan rings is 2. The molecule has 0 spiro atoms. The minimum absolute atomic E-state index is 0.211. The molecular weight excluding hydrogens is 1270 g/mol. The van der Waals surface area contributed by atoms with E-state index in [-0.39, 0.29) is 5.92 Å². The zero-order valence-electron chi connectivity index (χ0n) is 59.6. The second-order valence-corrected chi connectivity index (χ2v) is 28.4. The number of aryl methyl sites for hydroxylation is 4. The fourth-order valence-corrected chi connectivity index (χ4v) is 16.3. The van der Waals surface area contributed by atoms with Gasteiger partial charge in [-0.3, -0.25) is 0 Å². The minimum atomic E-state index is 0.211. The van der Waals surface area contributed by atoms with E-state index in [1.54, 1.807) is 0 Å². The molecule has 0 bridgehead atoms. The number of hydrogen-bond donors (Lipinski definition) is 0. The zero-order valence-corrected chi connectivity index (χ0v) is 59.6. The highest BCUT2D eigenvalue weighted by molar-refractivity contribution is 6.27. The maximum Gasteiger partial charge on any atom is 0.143 e. The van der Waals surface area contributed by atoms with Crippen molar-refractivity contribution in [1.29, 1.82) is 0 Å². The summed E-state index contributed by atoms with van der Waals surface area (Å²) in [6.07, 6.45) is 0.859. The molecule has 6 nitrogen and oxygen atoms in total. The van der Waals surface area contributed by atoms with Gasteiger partial charge in [0.15, 0.2) is 0 Å². The molecule has 1 atom stereocenters. The maximum atomic E-state index is 7.26. The monoisotopic (exact) mass is 1340 g/mol. The standard InChI is InChI=1S/C98H78N4O2/c1-62(2)69-47-51-73(52-48-69)99(71-31-10-8-11-32-71)91-58-83-84-59-92(76-36-18-22-40-80(76)96(84)103-95(83)79-39-21-17-35-75(79)91)100(72-33-12-9-13-34-72)74-53-49-70(50-54-74)66(6)56-68-46-55-90(67(7)57-68)102(89-45-27-16-30-65(89)5)94-61-86-85-60-93(101(87-43-25-14-28-63(87)3)88-44-26-15-29-64(88)4)77-37-19-23-41-81(77)97(85)104-98(86)82-42-24-20-38-78(82)94/h8-55,57-62,66H,56H2,1-7H3. The van der Waals surface area contributed by atoms with Crippen LogP contribution in [0.5, 0.6) is 0 Å². The zero-order chi connectivity index (χ0) is 70.3. The Bertz CT molecular complexity index is 6280. The smallest absolute Gasteiger partial charge is 0.143 e. The van der Waals surface area contributed by atoms with Crippen LogP contribution in [0.4, 0.5) is 68.2 Å². The number of benzene rings is 16. The predicted octanol–water partition coefficient (Wildman–Crippen LogP) is 28.7. The number of para-hydroxylation sites is 5. The van der Waals surface area contributed by atoms with Gasteiger partial charge < -0.3 is 28.4 Å². The van der Waals surface area contributed by atoms with E-state index in [4.69, 9.17) is 8.83 Å². The summed E-state index contributed by atoms with van der Waals surface area (Å²) in [6.45, 7) is 15.8. The molecule has 0 N–H and O–H groups in total. The molecule has 16 aromatic carbocycles. The summed E-state index contributed by atoms with van der Waals surface area (Å²) in [5, 5.41) is 13.0. The Kier molecular flexibility index (Phi) is 15.9. The number of rotatable bonds is 16. The Morgan fingerprint density at radius 2 is 0.519 bits per heavy atom. The van der Waals surface area contributed by atoms with Crippen LogP contribution in [0.3, 0.4) is 0 Å². The Morgan fingerprint density at radius 3 is 0.856 bits per heavy atom. The van der Waals surface area contributed by atoms with Gasteiger partial charge in [0.05, 0.1) is 22.7 Å². The van der Waals surface area contributed by atoms with E-state index in [0.29, 0.717) is 5.92 Å². The van der Waals surface area contributed by atoms with E-state index in [0.717, 1.165) is 162 Å². The van der Waals surface area contributed by atoms with Gasteiger partial charge >= 0.3 is 0 Å². The van der Waals surface area contributed by atoms with E-state index >= 15 is 0 Å². The molecule has 0 aliphatic rings. The van der Waals surface area contributed by atoms with Gasteiger partial charge in [-0.2, -0.15) is 0 Å². The summed E-state index contributed by atoms with van der Waals surface area (Å²) >= 11 is 0. The number of anilines is 12. The molecule has 0 radical (unpaired) electrons. The van der Waals surface area contributed by atoms with Crippen LogP contribution in [-0.2, 0) is 6.42 Å². The Labute approximate surface area is 607 Å². The number of fused-ring (bicyclic) bond motifs is 14. The highest BCUT2D eigenvalue weighted by Gasteiger charge is 2.29. The fraction of sp³-hybridized carbons (Fsp3) is 0.102. The van der Waals surface area contributed by atoms with E-state index < -0.39 is 0 Å². The van der Waals surface area contributed by atoms with Gasteiger partial charge in [0.25, 0.3) is 0 Å². The molecule has 2 aromatic heterocycles. The van der Waals surface area contributed by atoms with Crippen molar-refractivity contribution in [3.63, 3.8) is 0 Å². The molecule has 0 amide bonds. The Morgan fingerprint density at radius 1 is 0.231 bits per heavy atom. The lowest BCUT2D eigenvalue weighted by Crippen LogP contribution is -2.13. The largest absolute Gasteiger partial charge is 0.455 e. The van der Waals surface area contributed by atoms with Crippen LogP contribution in [0.15, 0.2) is 330 Å². The highest BCUT2D eigenvalue weighted by Crippen LogP contribution is 2.53. The fourth-order valence-electron chi connectivity index (χ4n) is 16.3. The van der Waals surface area contributed by atoms with Crippen LogP contribution in [0, 0.1) is 27.7 Å². The third-order valence-corrected chi connectivity index (χ3v) is 21.5. The van der Waals surface area contributed by atoms with Crippen LogP contribution >= 0.6 is 0 Å². The third-order valence-electron chi connectivity index (χ3n) is 21.5. The summed E-state index contributed by atoms with van der Waals surface area (Å²) < 4.78 is 14.5. The molecule has 1 unspecified atom stereocenters. The van der Waals surface area contributed by atoms with Gasteiger partial charge in [0.1, 0.15) is 22.3 Å². The van der Waals surface area contributed by atoms with Crippen molar-refractivity contribution in [3.8, 4) is 0 Å². The lowest BCUT2D eigenvalue weighted by atomic mass is 9.92. The summed E-state index contributed by atoms with van der Waals surface area (Å²) in [5.41, 5.74) is 25.3. The number of hydrogen-bond acceptors (Lipinski definition) is 6. The first-order valence-corrected chi connectivity index (χ1v) is 36.4.